The zero-order valence-corrected chi connectivity index (χ0v) is 23.1. The highest BCUT2D eigenvalue weighted by Crippen LogP contribution is 2.33. The van der Waals surface area contributed by atoms with Gasteiger partial charge in [0, 0.05) is 37.9 Å². The highest BCUT2D eigenvalue weighted by atomic mass is 32.2. The number of carbonyl (C=O) groups excluding carboxylic acids is 1. The molecule has 0 radical (unpaired) electrons. The molecule has 1 unspecified atom stereocenters. The molecule has 0 bridgehead atoms. The largest absolute Gasteiger partial charge is 0.369 e. The monoisotopic (exact) mass is 558 g/mol. The van der Waals surface area contributed by atoms with Gasteiger partial charge in [-0.3, -0.25) is 9.80 Å². The Hall–Kier alpha value is -3.89. The molecule has 0 spiro atoms. The number of piperidine rings is 1. The van der Waals surface area contributed by atoms with Gasteiger partial charge >= 0.3 is 6.03 Å². The van der Waals surface area contributed by atoms with E-state index in [1.54, 1.807) is 23.1 Å². The summed E-state index contributed by atoms with van der Waals surface area (Å²) in [6, 6.07) is 24.6. The minimum atomic E-state index is -3.88. The van der Waals surface area contributed by atoms with Crippen LogP contribution < -0.4 is 16.0 Å². The molecule has 6 rings (SSSR count). The van der Waals surface area contributed by atoms with Crippen LogP contribution in [0, 0.1) is 0 Å². The third-order valence-corrected chi connectivity index (χ3v) is 9.78. The van der Waals surface area contributed by atoms with E-state index < -0.39 is 10.0 Å². The Kier molecular flexibility index (Phi) is 7.20. The summed E-state index contributed by atoms with van der Waals surface area (Å²) >= 11 is 0. The van der Waals surface area contributed by atoms with Gasteiger partial charge in [0.15, 0.2) is 0 Å². The quantitative estimate of drug-likeness (QED) is 0.481. The van der Waals surface area contributed by atoms with E-state index in [1.165, 1.54) is 9.87 Å². The summed E-state index contributed by atoms with van der Waals surface area (Å²) in [5.41, 5.74) is 9.88. The van der Waals surface area contributed by atoms with E-state index in [9.17, 15) is 13.2 Å². The minimum Gasteiger partial charge on any atom is -0.369 e. The lowest BCUT2D eigenvalue weighted by atomic mass is 10.0. The second kappa shape index (κ2) is 10.9. The number of aliphatic imine (C=N–C) groups is 1. The number of hydrogen-bond donors (Lipinski definition) is 2. The van der Waals surface area contributed by atoms with Crippen molar-refractivity contribution in [1.82, 2.24) is 14.5 Å². The third-order valence-electron chi connectivity index (χ3n) is 8.01. The number of likely N-dealkylation sites (tertiary alicyclic amines) is 1. The number of fused-ring (bicyclic) bond motifs is 1. The zero-order chi connectivity index (χ0) is 27.7. The van der Waals surface area contributed by atoms with Gasteiger partial charge in [-0.2, -0.15) is 0 Å². The van der Waals surface area contributed by atoms with Crippen LogP contribution in [0.2, 0.25) is 0 Å². The molecule has 3 heterocycles. The molecule has 0 aliphatic carbocycles. The number of amides is 2. The van der Waals surface area contributed by atoms with Crippen molar-refractivity contribution < 1.29 is 13.2 Å². The van der Waals surface area contributed by atoms with Gasteiger partial charge in [0.2, 0.25) is 5.96 Å². The first-order valence-electron chi connectivity index (χ1n) is 13.8. The van der Waals surface area contributed by atoms with E-state index in [2.05, 4.69) is 39.5 Å². The number of nitrogens with one attached hydrogen (secondary N) is 1. The molecular formula is C30H34N6O3S. The Morgan fingerprint density at radius 3 is 2.38 bits per heavy atom. The normalized spacial score (nSPS) is 19.9. The first-order chi connectivity index (χ1) is 19.4. The minimum absolute atomic E-state index is 0.00910. The van der Waals surface area contributed by atoms with Crippen LogP contribution in [0.15, 0.2) is 88.8 Å². The molecule has 2 amide bonds. The highest BCUT2D eigenvalue weighted by Gasteiger charge is 2.36. The fraction of sp³-hybridized carbons (Fsp3) is 0.333. The highest BCUT2D eigenvalue weighted by molar-refractivity contribution is 7.89. The van der Waals surface area contributed by atoms with Crippen LogP contribution >= 0.6 is 0 Å². The lowest BCUT2D eigenvalue weighted by Gasteiger charge is -2.33. The first-order valence-corrected chi connectivity index (χ1v) is 15.2. The Bertz CT molecular complexity index is 1500. The number of rotatable bonds is 6. The fourth-order valence-corrected chi connectivity index (χ4v) is 7.21. The topological polar surface area (TPSA) is 111 Å². The van der Waals surface area contributed by atoms with Gasteiger partial charge in [-0.15, -0.1) is 0 Å². The van der Waals surface area contributed by atoms with Crippen molar-refractivity contribution in [2.24, 2.45) is 10.7 Å². The Labute approximate surface area is 235 Å². The molecule has 3 N–H and O–H groups in total. The lowest BCUT2D eigenvalue weighted by molar-refractivity contribution is 0.188. The summed E-state index contributed by atoms with van der Waals surface area (Å²) in [6.45, 7) is 3.47. The van der Waals surface area contributed by atoms with Crippen molar-refractivity contribution in [3.05, 3.63) is 95.6 Å². The molecule has 1 fully saturated rings. The molecule has 10 heteroatoms. The van der Waals surface area contributed by atoms with E-state index in [-0.39, 0.29) is 35.5 Å². The summed E-state index contributed by atoms with van der Waals surface area (Å²) in [5.74, 6) is -0.00910. The van der Waals surface area contributed by atoms with Crippen molar-refractivity contribution in [1.29, 1.82) is 0 Å². The predicted octanol–water partition coefficient (Wildman–Crippen LogP) is 3.48. The number of urea groups is 1. The summed E-state index contributed by atoms with van der Waals surface area (Å²) in [5, 5.41) is 3.20. The number of guanidine groups is 1. The molecule has 40 heavy (non-hydrogen) atoms. The molecule has 3 aromatic carbocycles. The van der Waals surface area contributed by atoms with Crippen molar-refractivity contribution in [3.63, 3.8) is 0 Å². The van der Waals surface area contributed by atoms with Crippen LogP contribution in [0.5, 0.6) is 0 Å². The maximum absolute atomic E-state index is 13.5. The summed E-state index contributed by atoms with van der Waals surface area (Å²) < 4.78 is 28.2. The molecule has 208 valence electrons. The number of nitrogens with zero attached hydrogens (tertiary/aromatic N) is 4. The standard InChI is InChI=1S/C30H34N6O3S/c31-29-33-27(23-9-5-2-6-10-23)21-36(29)40(38,39)26-11-12-28-24(19-26)13-18-35(28)30(37)32-25-14-16-34(17-15-25)20-22-7-3-1-4-8-22/h1-12,19,25,27H,13-18,20-21H2,(H2,31,33)(H,32,37). The SMILES string of the molecule is NC1=NC(c2ccccc2)CN1S(=O)(=O)c1ccc2c(c1)CCN2C(=O)NC1CCN(Cc2ccccc2)CC1. The first kappa shape index (κ1) is 26.3. The van der Waals surface area contributed by atoms with Crippen molar-refractivity contribution >= 4 is 27.7 Å². The molecule has 3 aliphatic heterocycles. The Balaban J connectivity index is 1.08. The Morgan fingerprint density at radius 2 is 1.65 bits per heavy atom. The van der Waals surface area contributed by atoms with Crippen molar-refractivity contribution in [2.75, 3.05) is 31.1 Å². The number of benzene rings is 3. The molecule has 3 aromatic rings. The number of sulfonamides is 1. The number of nitrogens with two attached hydrogens (primary N) is 1. The average Bonchev–Trinajstić information content (AvgIpc) is 3.59. The van der Waals surface area contributed by atoms with E-state index >= 15 is 0 Å². The van der Waals surface area contributed by atoms with E-state index in [4.69, 9.17) is 5.73 Å². The molecule has 0 saturated carbocycles. The van der Waals surface area contributed by atoms with Crippen LogP contribution in [-0.2, 0) is 23.0 Å². The molecule has 1 atom stereocenters. The van der Waals surface area contributed by atoms with Crippen molar-refractivity contribution in [2.45, 2.75) is 42.8 Å². The van der Waals surface area contributed by atoms with Gasteiger partial charge in [0.05, 0.1) is 17.5 Å². The molecule has 3 aliphatic rings. The van der Waals surface area contributed by atoms with Gasteiger partial charge in [-0.1, -0.05) is 60.7 Å². The van der Waals surface area contributed by atoms with Crippen molar-refractivity contribution in [3.8, 4) is 0 Å². The van der Waals surface area contributed by atoms with Gasteiger partial charge in [0.1, 0.15) is 0 Å². The molecule has 0 aromatic heterocycles. The maximum atomic E-state index is 13.5. The van der Waals surface area contributed by atoms with Gasteiger partial charge in [-0.25, -0.2) is 22.5 Å². The Morgan fingerprint density at radius 1 is 0.950 bits per heavy atom. The lowest BCUT2D eigenvalue weighted by Crippen LogP contribution is -2.48. The fourth-order valence-electron chi connectivity index (χ4n) is 5.80. The molecular weight excluding hydrogens is 524 g/mol. The third kappa shape index (κ3) is 5.29. The smallest absolute Gasteiger partial charge is 0.322 e. The molecule has 9 nitrogen and oxygen atoms in total. The summed E-state index contributed by atoms with van der Waals surface area (Å²) in [6.07, 6.45) is 2.40. The second-order valence-electron chi connectivity index (χ2n) is 10.6. The number of carbonyl (C=O) groups is 1. The van der Waals surface area contributed by atoms with Crippen LogP contribution in [0.25, 0.3) is 0 Å². The predicted molar refractivity (Wildman–Crippen MR) is 155 cm³/mol. The van der Waals surface area contributed by atoms with E-state index in [0.29, 0.717) is 13.0 Å². The van der Waals surface area contributed by atoms with Gasteiger partial charge in [-0.05, 0) is 54.2 Å². The zero-order valence-electron chi connectivity index (χ0n) is 22.3. The van der Waals surface area contributed by atoms with Crippen LogP contribution in [-0.4, -0.2) is 61.8 Å². The van der Waals surface area contributed by atoms with Gasteiger partial charge < -0.3 is 11.1 Å². The van der Waals surface area contributed by atoms with E-state index in [0.717, 1.165) is 49.3 Å². The summed E-state index contributed by atoms with van der Waals surface area (Å²) in [7, 11) is -3.88. The van der Waals surface area contributed by atoms with Crippen LogP contribution in [0.4, 0.5) is 10.5 Å². The molecule has 1 saturated heterocycles. The van der Waals surface area contributed by atoms with Crippen LogP contribution in [0.1, 0.15) is 35.6 Å². The number of anilines is 1. The number of hydrogen-bond acceptors (Lipinski definition) is 6. The average molecular weight is 559 g/mol. The van der Waals surface area contributed by atoms with Gasteiger partial charge in [0.25, 0.3) is 10.0 Å². The second-order valence-corrected chi connectivity index (χ2v) is 12.5. The summed E-state index contributed by atoms with van der Waals surface area (Å²) in [4.78, 5) is 21.9. The maximum Gasteiger partial charge on any atom is 0.322 e. The van der Waals surface area contributed by atoms with Crippen LogP contribution in [0.3, 0.4) is 0 Å². The van der Waals surface area contributed by atoms with E-state index in [1.807, 2.05) is 36.4 Å².